The van der Waals surface area contributed by atoms with Gasteiger partial charge in [0, 0.05) is 25.8 Å². The van der Waals surface area contributed by atoms with Gasteiger partial charge in [-0.25, -0.2) is 0 Å². The number of nitrogens with zero attached hydrogens (tertiary/aromatic N) is 2. The molecule has 0 radical (unpaired) electrons. The van der Waals surface area contributed by atoms with E-state index in [1.54, 1.807) is 13.1 Å². The number of carbonyl (C=O) groups is 2. The highest BCUT2D eigenvalue weighted by molar-refractivity contribution is 6.52. The summed E-state index contributed by atoms with van der Waals surface area (Å²) in [5.74, 6) is -0.0637. The smallest absolute Gasteiger partial charge is 0.299 e. The van der Waals surface area contributed by atoms with Crippen LogP contribution in [0.4, 0.5) is 11.4 Å². The second-order valence-electron chi connectivity index (χ2n) is 5.58. The van der Waals surface area contributed by atoms with E-state index >= 15 is 0 Å². The van der Waals surface area contributed by atoms with Gasteiger partial charge in [-0.05, 0) is 43.9 Å². The number of amides is 1. The largest absolute Gasteiger partial charge is 0.372 e. The van der Waals surface area contributed by atoms with E-state index in [1.165, 1.54) is 17.7 Å². The zero-order valence-corrected chi connectivity index (χ0v) is 11.5. The van der Waals surface area contributed by atoms with Gasteiger partial charge in [-0.2, -0.15) is 0 Å². The van der Waals surface area contributed by atoms with E-state index in [4.69, 9.17) is 0 Å². The number of hydrogen-bond donors (Lipinski definition) is 0. The van der Waals surface area contributed by atoms with Crippen LogP contribution in [0.5, 0.6) is 0 Å². The van der Waals surface area contributed by atoms with E-state index in [9.17, 15) is 9.59 Å². The van der Waals surface area contributed by atoms with Gasteiger partial charge in [-0.3, -0.25) is 9.59 Å². The standard InChI is InChI=1S/C15H18N2O2/c1-9(10-4-5-10)16(2)11-6-7-12-13(8-11)17(3)15(19)14(12)18/h6-10H,4-5H2,1-3H3. The predicted molar refractivity (Wildman–Crippen MR) is 74.8 cm³/mol. The van der Waals surface area contributed by atoms with Gasteiger partial charge < -0.3 is 9.80 Å². The highest BCUT2D eigenvalue weighted by Gasteiger charge is 2.35. The predicted octanol–water partition coefficient (Wildman–Crippen LogP) is 2.08. The Kier molecular flexibility index (Phi) is 2.62. The van der Waals surface area contributed by atoms with Crippen molar-refractivity contribution >= 4 is 23.1 Å². The molecule has 4 heteroatoms. The van der Waals surface area contributed by atoms with Gasteiger partial charge in [0.15, 0.2) is 0 Å². The lowest BCUT2D eigenvalue weighted by molar-refractivity contribution is -0.114. The lowest BCUT2D eigenvalue weighted by atomic mass is 10.1. The molecule has 1 atom stereocenters. The van der Waals surface area contributed by atoms with Crippen molar-refractivity contribution in [2.24, 2.45) is 5.92 Å². The summed E-state index contributed by atoms with van der Waals surface area (Å²) < 4.78 is 0. The van der Waals surface area contributed by atoms with E-state index in [2.05, 4.69) is 18.9 Å². The SMILES string of the molecule is CC(C1CC1)N(C)c1ccc2c(c1)N(C)C(=O)C2=O. The van der Waals surface area contributed by atoms with Gasteiger partial charge in [0.1, 0.15) is 0 Å². The summed E-state index contributed by atoms with van der Waals surface area (Å²) in [6.45, 7) is 2.23. The first kappa shape index (κ1) is 12.2. The normalized spacial score (nSPS) is 19.6. The van der Waals surface area contributed by atoms with Crippen molar-refractivity contribution in [3.8, 4) is 0 Å². The Morgan fingerprint density at radius 2 is 2.00 bits per heavy atom. The number of rotatable bonds is 3. The van der Waals surface area contributed by atoms with Crippen LogP contribution >= 0.6 is 0 Å². The molecule has 1 unspecified atom stereocenters. The molecule has 1 aromatic carbocycles. The molecule has 1 aromatic rings. The first-order valence-corrected chi connectivity index (χ1v) is 6.70. The van der Waals surface area contributed by atoms with Crippen LogP contribution in [-0.2, 0) is 4.79 Å². The number of anilines is 2. The fourth-order valence-corrected chi connectivity index (χ4v) is 2.72. The van der Waals surface area contributed by atoms with Gasteiger partial charge in [-0.1, -0.05) is 0 Å². The first-order valence-electron chi connectivity index (χ1n) is 6.70. The molecule has 2 aliphatic rings. The third-order valence-electron chi connectivity index (χ3n) is 4.41. The highest BCUT2D eigenvalue weighted by atomic mass is 16.2. The molecule has 1 aliphatic heterocycles. The number of ketones is 1. The maximum atomic E-state index is 11.7. The summed E-state index contributed by atoms with van der Waals surface area (Å²) in [5.41, 5.74) is 2.30. The van der Waals surface area contributed by atoms with E-state index in [-0.39, 0.29) is 0 Å². The Bertz CT molecular complexity index is 563. The number of benzene rings is 1. The van der Waals surface area contributed by atoms with Crippen LogP contribution in [0.15, 0.2) is 18.2 Å². The minimum absolute atomic E-state index is 0.401. The molecule has 0 bridgehead atoms. The monoisotopic (exact) mass is 258 g/mol. The fraction of sp³-hybridized carbons (Fsp3) is 0.467. The van der Waals surface area contributed by atoms with E-state index < -0.39 is 11.7 Å². The number of Topliss-reactive ketones (excluding diaryl/α,β-unsaturated/α-hetero) is 1. The third kappa shape index (κ3) is 1.82. The average Bonchev–Trinajstić information content (AvgIpc) is 3.24. The van der Waals surface area contributed by atoms with Gasteiger partial charge in [0.2, 0.25) is 0 Å². The minimum atomic E-state index is -0.440. The molecule has 1 heterocycles. The Morgan fingerprint density at radius 1 is 1.32 bits per heavy atom. The minimum Gasteiger partial charge on any atom is -0.372 e. The zero-order chi connectivity index (χ0) is 13.7. The van der Waals surface area contributed by atoms with Gasteiger partial charge >= 0.3 is 0 Å². The summed E-state index contributed by atoms with van der Waals surface area (Å²) in [7, 11) is 3.73. The number of likely N-dealkylation sites (N-methyl/N-ethyl adjacent to an activating group) is 1. The second-order valence-corrected chi connectivity index (χ2v) is 5.58. The Balaban J connectivity index is 1.94. The fourth-order valence-electron chi connectivity index (χ4n) is 2.72. The third-order valence-corrected chi connectivity index (χ3v) is 4.41. The molecule has 0 aromatic heterocycles. The zero-order valence-electron chi connectivity index (χ0n) is 11.5. The quantitative estimate of drug-likeness (QED) is 0.779. The van der Waals surface area contributed by atoms with Crippen LogP contribution in [0, 0.1) is 5.92 Å². The topological polar surface area (TPSA) is 40.6 Å². The summed E-state index contributed by atoms with van der Waals surface area (Å²) in [6, 6.07) is 6.14. The Morgan fingerprint density at radius 3 is 2.63 bits per heavy atom. The van der Waals surface area contributed by atoms with Gasteiger partial charge in [-0.15, -0.1) is 0 Å². The summed E-state index contributed by atoms with van der Waals surface area (Å²) in [5, 5.41) is 0. The Hall–Kier alpha value is -1.84. The van der Waals surface area contributed by atoms with Crippen LogP contribution < -0.4 is 9.80 Å². The van der Waals surface area contributed by atoms with E-state index in [1.807, 2.05) is 12.1 Å². The molecule has 19 heavy (non-hydrogen) atoms. The second kappa shape index (κ2) is 4.08. The molecule has 1 amide bonds. The lowest BCUT2D eigenvalue weighted by Gasteiger charge is -2.27. The molecular formula is C15H18N2O2. The molecule has 1 saturated carbocycles. The molecule has 100 valence electrons. The van der Waals surface area contributed by atoms with Crippen LogP contribution in [0.25, 0.3) is 0 Å². The summed E-state index contributed by atoms with van der Waals surface area (Å²) in [6.07, 6.45) is 2.60. The molecule has 1 aliphatic carbocycles. The van der Waals surface area contributed by atoms with Crippen molar-refractivity contribution in [1.82, 2.24) is 0 Å². The molecular weight excluding hydrogens is 240 g/mol. The number of hydrogen-bond acceptors (Lipinski definition) is 3. The molecule has 1 fully saturated rings. The van der Waals surface area contributed by atoms with Crippen molar-refractivity contribution in [2.75, 3.05) is 23.9 Å². The number of fused-ring (bicyclic) bond motifs is 1. The van der Waals surface area contributed by atoms with Crippen molar-refractivity contribution < 1.29 is 9.59 Å². The van der Waals surface area contributed by atoms with E-state index in [0.717, 1.165) is 17.3 Å². The van der Waals surface area contributed by atoms with Crippen LogP contribution in [-0.4, -0.2) is 31.8 Å². The van der Waals surface area contributed by atoms with Gasteiger partial charge in [0.05, 0.1) is 11.3 Å². The van der Waals surface area contributed by atoms with Gasteiger partial charge in [0.25, 0.3) is 11.7 Å². The average molecular weight is 258 g/mol. The maximum Gasteiger partial charge on any atom is 0.299 e. The first-order chi connectivity index (χ1) is 9.00. The summed E-state index contributed by atoms with van der Waals surface area (Å²) >= 11 is 0. The lowest BCUT2D eigenvalue weighted by Crippen LogP contribution is -2.30. The van der Waals surface area contributed by atoms with Crippen molar-refractivity contribution in [1.29, 1.82) is 0 Å². The highest BCUT2D eigenvalue weighted by Crippen LogP contribution is 2.38. The molecule has 0 spiro atoms. The summed E-state index contributed by atoms with van der Waals surface area (Å²) in [4.78, 5) is 27.1. The Labute approximate surface area is 113 Å². The van der Waals surface area contributed by atoms with Crippen LogP contribution in [0.2, 0.25) is 0 Å². The van der Waals surface area contributed by atoms with E-state index in [0.29, 0.717) is 11.6 Å². The van der Waals surface area contributed by atoms with Crippen molar-refractivity contribution in [3.05, 3.63) is 23.8 Å². The molecule has 0 saturated heterocycles. The maximum absolute atomic E-state index is 11.7. The number of carbonyl (C=O) groups excluding carboxylic acids is 2. The van der Waals surface area contributed by atoms with Crippen LogP contribution in [0.1, 0.15) is 30.1 Å². The van der Waals surface area contributed by atoms with Crippen LogP contribution in [0.3, 0.4) is 0 Å². The van der Waals surface area contributed by atoms with Crippen molar-refractivity contribution in [2.45, 2.75) is 25.8 Å². The molecule has 3 rings (SSSR count). The molecule has 0 N–H and O–H groups in total. The molecule has 4 nitrogen and oxygen atoms in total. The van der Waals surface area contributed by atoms with Crippen molar-refractivity contribution in [3.63, 3.8) is 0 Å².